The number of hydrogen-bond donors (Lipinski definition) is 0. The third kappa shape index (κ3) is 2.91. The fourth-order valence-corrected chi connectivity index (χ4v) is 0.976. The van der Waals surface area contributed by atoms with Crippen LogP contribution in [0.4, 0.5) is 0 Å². The van der Waals surface area contributed by atoms with Crippen molar-refractivity contribution in [1.29, 1.82) is 0 Å². The summed E-state index contributed by atoms with van der Waals surface area (Å²) in [4.78, 5) is 0. The van der Waals surface area contributed by atoms with Gasteiger partial charge in [0.15, 0.2) is 0 Å². The molecule has 1 atom stereocenters. The molecule has 0 amide bonds. The normalized spacial score (nSPS) is 13.5. The van der Waals surface area contributed by atoms with E-state index in [1.165, 1.54) is 12.0 Å². The lowest BCUT2D eigenvalue weighted by Crippen LogP contribution is -1.83. The van der Waals surface area contributed by atoms with E-state index < -0.39 is 0 Å². The van der Waals surface area contributed by atoms with Crippen LogP contribution in [0.2, 0.25) is 0 Å². The van der Waals surface area contributed by atoms with E-state index in [1.54, 1.807) is 0 Å². The second-order valence-corrected chi connectivity index (χ2v) is 3.16. The minimum atomic E-state index is 0.685. The molecule has 1 rings (SSSR count). The van der Waals surface area contributed by atoms with Crippen molar-refractivity contribution < 1.29 is 0 Å². The molecule has 0 saturated carbocycles. The molecule has 0 spiro atoms. The Hall–Kier alpha value is -1.04. The van der Waals surface area contributed by atoms with Gasteiger partial charge in [0.2, 0.25) is 0 Å². The van der Waals surface area contributed by atoms with Crippen LogP contribution >= 0.6 is 0 Å². The summed E-state index contributed by atoms with van der Waals surface area (Å²) in [7, 11) is 0. The Morgan fingerprint density at radius 2 is 1.92 bits per heavy atom. The molecule has 0 bridgehead atoms. The van der Waals surface area contributed by atoms with E-state index in [-0.39, 0.29) is 0 Å². The summed E-state index contributed by atoms with van der Waals surface area (Å²) in [6, 6.07) is 10.4. The van der Waals surface area contributed by atoms with Gasteiger partial charge in [0.05, 0.1) is 0 Å². The minimum absolute atomic E-state index is 0.685. The average Bonchev–Trinajstić information content (AvgIpc) is 2.16. The first-order valence-electron chi connectivity index (χ1n) is 4.56. The van der Waals surface area contributed by atoms with Crippen LogP contribution in [0.15, 0.2) is 36.4 Å². The molecule has 0 aliphatic carbocycles. The van der Waals surface area contributed by atoms with Crippen molar-refractivity contribution in [3.05, 3.63) is 42.0 Å². The Kier molecular flexibility index (Phi) is 3.59. The van der Waals surface area contributed by atoms with Crippen molar-refractivity contribution in [2.45, 2.75) is 20.3 Å². The first-order chi connectivity index (χ1) is 5.83. The average molecular weight is 160 g/mol. The summed E-state index contributed by atoms with van der Waals surface area (Å²) in [5.41, 5.74) is 1.29. The molecule has 12 heavy (non-hydrogen) atoms. The van der Waals surface area contributed by atoms with Crippen molar-refractivity contribution in [3.63, 3.8) is 0 Å². The number of hydrogen-bond acceptors (Lipinski definition) is 0. The van der Waals surface area contributed by atoms with Gasteiger partial charge in [-0.3, -0.25) is 0 Å². The molecule has 0 N–H and O–H groups in total. The van der Waals surface area contributed by atoms with Crippen LogP contribution in [0, 0.1) is 5.92 Å². The Balaban J connectivity index is 2.58. The molecular weight excluding hydrogens is 144 g/mol. The molecule has 0 radical (unpaired) electrons. The van der Waals surface area contributed by atoms with Crippen LogP contribution in [0.3, 0.4) is 0 Å². The lowest BCUT2D eigenvalue weighted by Gasteiger charge is -1.98. The highest BCUT2D eigenvalue weighted by Crippen LogP contribution is 2.07. The summed E-state index contributed by atoms with van der Waals surface area (Å²) >= 11 is 0. The summed E-state index contributed by atoms with van der Waals surface area (Å²) in [6.45, 7) is 4.44. The maximum atomic E-state index is 2.26. The van der Waals surface area contributed by atoms with Crippen molar-refractivity contribution >= 4 is 6.08 Å². The largest absolute Gasteiger partial charge is 0.0811 e. The SMILES string of the molecule is CCC(C)C=Cc1ccccc1. The molecule has 0 nitrogen and oxygen atoms in total. The first kappa shape index (κ1) is 9.05. The zero-order valence-electron chi connectivity index (χ0n) is 7.83. The molecule has 0 aromatic heterocycles. The van der Waals surface area contributed by atoms with Crippen LogP contribution in [-0.2, 0) is 0 Å². The van der Waals surface area contributed by atoms with E-state index >= 15 is 0 Å². The summed E-state index contributed by atoms with van der Waals surface area (Å²) in [5.74, 6) is 0.685. The van der Waals surface area contributed by atoms with Crippen LogP contribution in [0.25, 0.3) is 6.08 Å². The predicted molar refractivity (Wildman–Crippen MR) is 54.9 cm³/mol. The predicted octanol–water partition coefficient (Wildman–Crippen LogP) is 3.75. The van der Waals surface area contributed by atoms with E-state index in [4.69, 9.17) is 0 Å². The lowest BCUT2D eigenvalue weighted by molar-refractivity contribution is 0.701. The van der Waals surface area contributed by atoms with E-state index in [0.717, 1.165) is 0 Å². The highest BCUT2D eigenvalue weighted by Gasteiger charge is 1.90. The lowest BCUT2D eigenvalue weighted by atomic mass is 10.1. The Bertz CT molecular complexity index is 233. The molecular formula is C12H16. The summed E-state index contributed by atoms with van der Waals surface area (Å²) < 4.78 is 0. The number of benzene rings is 1. The smallest absolute Gasteiger partial charge is 0.0260 e. The van der Waals surface area contributed by atoms with Crippen LogP contribution in [0.5, 0.6) is 0 Å². The van der Waals surface area contributed by atoms with Gasteiger partial charge >= 0.3 is 0 Å². The molecule has 0 aliphatic heterocycles. The van der Waals surface area contributed by atoms with Gasteiger partial charge in [-0.2, -0.15) is 0 Å². The van der Waals surface area contributed by atoms with Gasteiger partial charge < -0.3 is 0 Å². The zero-order chi connectivity index (χ0) is 8.81. The highest BCUT2D eigenvalue weighted by atomic mass is 14.0. The fourth-order valence-electron chi connectivity index (χ4n) is 0.976. The summed E-state index contributed by atoms with van der Waals surface area (Å²) in [6.07, 6.45) is 5.66. The third-order valence-corrected chi connectivity index (χ3v) is 2.06. The van der Waals surface area contributed by atoms with E-state index in [2.05, 4.69) is 50.3 Å². The van der Waals surface area contributed by atoms with Gasteiger partial charge in [-0.05, 0) is 11.5 Å². The van der Waals surface area contributed by atoms with Gasteiger partial charge in [0.25, 0.3) is 0 Å². The maximum Gasteiger partial charge on any atom is -0.0260 e. The number of allylic oxidation sites excluding steroid dienone is 1. The fraction of sp³-hybridized carbons (Fsp3) is 0.333. The van der Waals surface area contributed by atoms with Crippen LogP contribution in [-0.4, -0.2) is 0 Å². The van der Waals surface area contributed by atoms with Crippen molar-refractivity contribution in [2.24, 2.45) is 5.92 Å². The molecule has 0 fully saturated rings. The second kappa shape index (κ2) is 4.76. The van der Waals surface area contributed by atoms with Gasteiger partial charge in [-0.25, -0.2) is 0 Å². The van der Waals surface area contributed by atoms with Crippen LogP contribution in [0.1, 0.15) is 25.8 Å². The quantitative estimate of drug-likeness (QED) is 0.631. The van der Waals surface area contributed by atoms with Gasteiger partial charge in [-0.1, -0.05) is 62.8 Å². The highest BCUT2D eigenvalue weighted by molar-refractivity contribution is 5.48. The topological polar surface area (TPSA) is 0 Å². The van der Waals surface area contributed by atoms with Gasteiger partial charge in [-0.15, -0.1) is 0 Å². The van der Waals surface area contributed by atoms with Crippen molar-refractivity contribution in [3.8, 4) is 0 Å². The van der Waals surface area contributed by atoms with Crippen LogP contribution < -0.4 is 0 Å². The first-order valence-corrected chi connectivity index (χ1v) is 4.56. The maximum absolute atomic E-state index is 2.26. The molecule has 0 heteroatoms. The van der Waals surface area contributed by atoms with E-state index in [1.807, 2.05) is 6.07 Å². The molecule has 1 aromatic rings. The standard InChI is InChI=1S/C12H16/c1-3-11(2)9-10-12-7-5-4-6-8-12/h4-11H,3H2,1-2H3. The molecule has 1 aromatic carbocycles. The van der Waals surface area contributed by atoms with Gasteiger partial charge in [0.1, 0.15) is 0 Å². The second-order valence-electron chi connectivity index (χ2n) is 3.16. The Morgan fingerprint density at radius 1 is 1.25 bits per heavy atom. The third-order valence-electron chi connectivity index (χ3n) is 2.06. The zero-order valence-corrected chi connectivity index (χ0v) is 7.83. The van der Waals surface area contributed by atoms with E-state index in [0.29, 0.717) is 5.92 Å². The molecule has 0 saturated heterocycles. The van der Waals surface area contributed by atoms with Crippen molar-refractivity contribution in [1.82, 2.24) is 0 Å². The van der Waals surface area contributed by atoms with Gasteiger partial charge in [0, 0.05) is 0 Å². The van der Waals surface area contributed by atoms with E-state index in [9.17, 15) is 0 Å². The molecule has 1 unspecified atom stereocenters. The summed E-state index contributed by atoms with van der Waals surface area (Å²) in [5, 5.41) is 0. The monoisotopic (exact) mass is 160 g/mol. The Labute approximate surface area is 74.9 Å². The molecule has 0 aliphatic rings. The minimum Gasteiger partial charge on any atom is -0.0811 e. The molecule has 0 heterocycles. The Morgan fingerprint density at radius 3 is 2.50 bits per heavy atom. The number of rotatable bonds is 3. The molecule has 64 valence electrons. The van der Waals surface area contributed by atoms with Crippen molar-refractivity contribution in [2.75, 3.05) is 0 Å².